The minimum atomic E-state index is -0.698. The maximum absolute atomic E-state index is 14.2. The van der Waals surface area contributed by atoms with E-state index in [1.54, 1.807) is 60.4 Å². The normalized spacial score (nSPS) is 11.8. The molecule has 3 aromatic carbocycles. The molecule has 1 aromatic heterocycles. The van der Waals surface area contributed by atoms with Crippen molar-refractivity contribution in [1.29, 1.82) is 0 Å². The van der Waals surface area contributed by atoms with E-state index in [2.05, 4.69) is 22.9 Å². The van der Waals surface area contributed by atoms with E-state index in [1.807, 2.05) is 6.92 Å². The number of unbranched alkanes of at least 4 members (excludes halogenated alkanes) is 3. The quantitative estimate of drug-likeness (QED) is 0.0906. The molecule has 1 unspecified atom stereocenters. The molecular formula is C32H35BrN4O6. The Hall–Kier alpha value is -4.25. The fourth-order valence-electron chi connectivity index (χ4n) is 5.07. The number of hydrogen-bond donors (Lipinski definition) is 0. The van der Waals surface area contributed by atoms with Crippen LogP contribution in [0.1, 0.15) is 67.3 Å². The summed E-state index contributed by atoms with van der Waals surface area (Å²) in [5.41, 5.74) is 1.13. The number of rotatable bonds is 12. The maximum atomic E-state index is 14.2. The zero-order chi connectivity index (χ0) is 31.3. The Balaban J connectivity index is 1.95. The predicted octanol–water partition coefficient (Wildman–Crippen LogP) is 7.17. The number of halogens is 1. The number of nitrogens with zero attached hydrogens (tertiary/aromatic N) is 4. The fraction of sp³-hybridized carbons (Fsp3) is 0.344. The number of ether oxygens (including phenoxy) is 2. The number of amides is 1. The number of benzene rings is 3. The third-order valence-corrected chi connectivity index (χ3v) is 8.30. The molecule has 0 N–H and O–H groups in total. The van der Waals surface area contributed by atoms with Crippen molar-refractivity contribution in [3.05, 3.63) is 96.5 Å². The lowest BCUT2D eigenvalue weighted by Gasteiger charge is -2.31. The summed E-state index contributed by atoms with van der Waals surface area (Å²) in [6, 6.07) is 14.2. The summed E-state index contributed by atoms with van der Waals surface area (Å²) in [6.45, 7) is 5.93. The fourth-order valence-corrected chi connectivity index (χ4v) is 5.64. The Bertz CT molecular complexity index is 1720. The van der Waals surface area contributed by atoms with Gasteiger partial charge in [-0.1, -0.05) is 44.4 Å². The second-order valence-corrected chi connectivity index (χ2v) is 11.1. The second-order valence-electron chi connectivity index (χ2n) is 10.3. The highest BCUT2D eigenvalue weighted by molar-refractivity contribution is 9.10. The summed E-state index contributed by atoms with van der Waals surface area (Å²) >= 11 is 3.60. The molecule has 0 saturated carbocycles. The molecule has 226 valence electrons. The number of nitro groups is 1. The maximum Gasteiger partial charge on any atom is 0.273 e. The number of para-hydroxylation sites is 1. The molecular weight excluding hydrogens is 616 g/mol. The van der Waals surface area contributed by atoms with Crippen molar-refractivity contribution in [3.63, 3.8) is 0 Å². The molecule has 43 heavy (non-hydrogen) atoms. The minimum absolute atomic E-state index is 0.127. The second kappa shape index (κ2) is 13.8. The predicted molar refractivity (Wildman–Crippen MR) is 170 cm³/mol. The number of carbonyl (C=O) groups excluding carboxylic acids is 1. The first-order valence-corrected chi connectivity index (χ1v) is 14.9. The first-order valence-electron chi connectivity index (χ1n) is 14.1. The minimum Gasteiger partial charge on any atom is -0.497 e. The van der Waals surface area contributed by atoms with Crippen molar-refractivity contribution >= 4 is 38.4 Å². The molecule has 10 nitrogen and oxygen atoms in total. The van der Waals surface area contributed by atoms with Crippen LogP contribution in [0.25, 0.3) is 16.6 Å². The Kier molecular flexibility index (Phi) is 10.2. The van der Waals surface area contributed by atoms with Gasteiger partial charge in [-0.05, 0) is 54.4 Å². The van der Waals surface area contributed by atoms with E-state index in [0.717, 1.165) is 19.3 Å². The summed E-state index contributed by atoms with van der Waals surface area (Å²) in [6.07, 6.45) is 3.64. The number of nitro benzene ring substituents is 1. The van der Waals surface area contributed by atoms with E-state index in [4.69, 9.17) is 14.5 Å². The molecule has 0 spiro atoms. The smallest absolute Gasteiger partial charge is 0.273 e. The largest absolute Gasteiger partial charge is 0.497 e. The van der Waals surface area contributed by atoms with Crippen molar-refractivity contribution < 1.29 is 19.2 Å². The van der Waals surface area contributed by atoms with Crippen molar-refractivity contribution in [2.75, 3.05) is 20.8 Å². The van der Waals surface area contributed by atoms with Gasteiger partial charge in [-0.2, -0.15) is 0 Å². The zero-order valence-electron chi connectivity index (χ0n) is 24.9. The van der Waals surface area contributed by atoms with Gasteiger partial charge in [0, 0.05) is 35.9 Å². The van der Waals surface area contributed by atoms with E-state index in [-0.39, 0.29) is 22.7 Å². The molecule has 0 aliphatic heterocycles. The lowest BCUT2D eigenvalue weighted by atomic mass is 10.1. The van der Waals surface area contributed by atoms with Crippen molar-refractivity contribution in [2.45, 2.75) is 52.5 Å². The lowest BCUT2D eigenvalue weighted by Crippen LogP contribution is -2.38. The molecule has 0 bridgehead atoms. The summed E-state index contributed by atoms with van der Waals surface area (Å²) < 4.78 is 13.1. The first-order chi connectivity index (χ1) is 20.6. The molecule has 4 rings (SSSR count). The monoisotopic (exact) mass is 650 g/mol. The highest BCUT2D eigenvalue weighted by atomic mass is 79.9. The van der Waals surface area contributed by atoms with Crippen LogP contribution in [0, 0.1) is 17.0 Å². The third-order valence-electron chi connectivity index (χ3n) is 7.50. The SMILES string of the molecule is CCCCCCN(C(=O)c1ccc(C)c([N+](=O)[O-])c1)C(C)c1nc2ccccc2c(=O)n1-c1cc(OC)cc(OC)c1Br. The van der Waals surface area contributed by atoms with Crippen LogP contribution in [0.4, 0.5) is 5.69 Å². The molecule has 11 heteroatoms. The van der Waals surface area contributed by atoms with Crippen molar-refractivity contribution in [2.24, 2.45) is 0 Å². The Labute approximate surface area is 258 Å². The molecule has 1 atom stereocenters. The average Bonchev–Trinajstić information content (AvgIpc) is 3.01. The molecule has 0 radical (unpaired) electrons. The zero-order valence-corrected chi connectivity index (χ0v) is 26.5. The average molecular weight is 652 g/mol. The number of hydrogen-bond acceptors (Lipinski definition) is 7. The Morgan fingerprint density at radius 2 is 1.84 bits per heavy atom. The van der Waals surface area contributed by atoms with Gasteiger partial charge in [-0.25, -0.2) is 4.98 Å². The number of methoxy groups -OCH3 is 2. The molecule has 1 amide bonds. The van der Waals surface area contributed by atoms with E-state index < -0.39 is 11.0 Å². The lowest BCUT2D eigenvalue weighted by molar-refractivity contribution is -0.385. The first kappa shape index (κ1) is 31.7. The van der Waals surface area contributed by atoms with Crippen LogP contribution < -0.4 is 15.0 Å². The molecule has 0 saturated heterocycles. The molecule has 0 aliphatic carbocycles. The van der Waals surface area contributed by atoms with E-state index in [0.29, 0.717) is 56.9 Å². The summed E-state index contributed by atoms with van der Waals surface area (Å²) in [5.74, 6) is 0.856. The van der Waals surface area contributed by atoms with E-state index in [1.165, 1.54) is 24.9 Å². The Morgan fingerprint density at radius 3 is 2.51 bits per heavy atom. The van der Waals surface area contributed by atoms with E-state index >= 15 is 0 Å². The number of aryl methyl sites for hydroxylation is 1. The summed E-state index contributed by atoms with van der Waals surface area (Å²) in [7, 11) is 3.04. The van der Waals surface area contributed by atoms with Gasteiger partial charge >= 0.3 is 0 Å². The van der Waals surface area contributed by atoms with Gasteiger partial charge in [0.1, 0.15) is 17.3 Å². The number of fused-ring (bicyclic) bond motifs is 1. The highest BCUT2D eigenvalue weighted by Crippen LogP contribution is 2.37. The van der Waals surface area contributed by atoms with Gasteiger partial charge < -0.3 is 14.4 Å². The van der Waals surface area contributed by atoms with Crippen LogP contribution in [-0.2, 0) is 0 Å². The number of carbonyl (C=O) groups is 1. The van der Waals surface area contributed by atoms with Crippen LogP contribution in [0.15, 0.2) is 63.9 Å². The van der Waals surface area contributed by atoms with Crippen LogP contribution in [0.2, 0.25) is 0 Å². The molecule has 1 heterocycles. The van der Waals surface area contributed by atoms with Gasteiger partial charge in [0.25, 0.3) is 17.2 Å². The van der Waals surface area contributed by atoms with Gasteiger partial charge in [-0.15, -0.1) is 0 Å². The van der Waals surface area contributed by atoms with Gasteiger partial charge in [0.2, 0.25) is 0 Å². The molecule has 0 aliphatic rings. The van der Waals surface area contributed by atoms with Gasteiger partial charge in [0.15, 0.2) is 0 Å². The topological polar surface area (TPSA) is 117 Å². The molecule has 4 aromatic rings. The third kappa shape index (κ3) is 6.56. The van der Waals surface area contributed by atoms with Crippen LogP contribution in [0.5, 0.6) is 11.5 Å². The standard InChI is InChI=1S/C32H35BrN4O6/c1-6-7-8-11-16-35(31(38)22-15-14-20(2)26(17-22)37(40)41)21(3)30-34-25-13-10-9-12-24(25)32(39)36(30)27-18-23(42-4)19-28(43-5)29(27)33/h9-10,12-15,17-19,21H,6-8,11,16H2,1-5H3. The Morgan fingerprint density at radius 1 is 1.09 bits per heavy atom. The summed E-state index contributed by atoms with van der Waals surface area (Å²) in [5, 5.41) is 12.1. The highest BCUT2D eigenvalue weighted by Gasteiger charge is 2.29. The van der Waals surface area contributed by atoms with Crippen molar-refractivity contribution in [1.82, 2.24) is 14.5 Å². The summed E-state index contributed by atoms with van der Waals surface area (Å²) in [4.78, 5) is 46.0. The van der Waals surface area contributed by atoms with E-state index in [9.17, 15) is 19.7 Å². The van der Waals surface area contributed by atoms with Crippen LogP contribution in [0.3, 0.4) is 0 Å². The molecule has 0 fully saturated rings. The van der Waals surface area contributed by atoms with Gasteiger partial charge in [0.05, 0.1) is 46.2 Å². The number of aromatic nitrogens is 2. The van der Waals surface area contributed by atoms with Crippen LogP contribution >= 0.6 is 15.9 Å². The van der Waals surface area contributed by atoms with Crippen LogP contribution in [-0.4, -0.2) is 46.0 Å². The van der Waals surface area contributed by atoms with Crippen molar-refractivity contribution in [3.8, 4) is 17.2 Å². The van der Waals surface area contributed by atoms with Gasteiger partial charge in [-0.3, -0.25) is 24.3 Å².